The van der Waals surface area contributed by atoms with Crippen molar-refractivity contribution < 1.29 is 13.9 Å². The normalized spacial score (nSPS) is 12.4. The molecule has 1 rings (SSSR count). The number of furan rings is 1. The van der Waals surface area contributed by atoms with E-state index >= 15 is 0 Å². The van der Waals surface area contributed by atoms with Crippen LogP contribution in [0.1, 0.15) is 22.5 Å². The van der Waals surface area contributed by atoms with Crippen molar-refractivity contribution in [3.05, 3.63) is 23.7 Å². The Bertz CT molecular complexity index is 336. The fourth-order valence-corrected chi connectivity index (χ4v) is 1.33. The molecule has 0 bridgehead atoms. The van der Waals surface area contributed by atoms with Crippen LogP contribution in [0.4, 0.5) is 0 Å². The van der Waals surface area contributed by atoms with E-state index < -0.39 is 0 Å². The molecule has 0 fully saturated rings. The van der Waals surface area contributed by atoms with Crippen molar-refractivity contribution in [1.82, 2.24) is 5.32 Å². The number of hydrogen-bond acceptors (Lipinski definition) is 4. The van der Waals surface area contributed by atoms with Gasteiger partial charge in [0.2, 0.25) is 0 Å². The molecular weight excluding hydrogens is 208 g/mol. The molecule has 0 saturated heterocycles. The maximum absolute atomic E-state index is 11.6. The minimum Gasteiger partial charge on any atom is -0.469 e. The van der Waals surface area contributed by atoms with Crippen molar-refractivity contribution in [3.63, 3.8) is 0 Å². The molecule has 0 saturated carbocycles. The summed E-state index contributed by atoms with van der Waals surface area (Å²) in [6, 6.07) is 1.65. The molecule has 0 radical (unpaired) electrons. The van der Waals surface area contributed by atoms with Crippen LogP contribution in [-0.2, 0) is 4.74 Å². The van der Waals surface area contributed by atoms with Crippen LogP contribution in [0.25, 0.3) is 0 Å². The van der Waals surface area contributed by atoms with Crippen LogP contribution < -0.4 is 11.1 Å². The van der Waals surface area contributed by atoms with Gasteiger partial charge in [-0.2, -0.15) is 0 Å². The van der Waals surface area contributed by atoms with Crippen LogP contribution in [0.15, 0.2) is 16.7 Å². The van der Waals surface area contributed by atoms with E-state index in [2.05, 4.69) is 5.32 Å². The Morgan fingerprint density at radius 3 is 3.00 bits per heavy atom. The van der Waals surface area contributed by atoms with Gasteiger partial charge in [0.1, 0.15) is 12.0 Å². The third-order valence-electron chi connectivity index (χ3n) is 2.17. The van der Waals surface area contributed by atoms with Crippen molar-refractivity contribution in [2.45, 2.75) is 19.4 Å². The molecule has 0 aliphatic carbocycles. The number of ether oxygens (including phenoxy) is 1. The molecule has 5 heteroatoms. The third kappa shape index (κ3) is 4.04. The molecular formula is C11H18N2O3. The zero-order valence-electron chi connectivity index (χ0n) is 9.66. The second kappa shape index (κ2) is 6.30. The minimum atomic E-state index is -0.138. The molecule has 5 nitrogen and oxygen atoms in total. The molecule has 16 heavy (non-hydrogen) atoms. The largest absolute Gasteiger partial charge is 0.469 e. The maximum Gasteiger partial charge on any atom is 0.254 e. The van der Waals surface area contributed by atoms with Gasteiger partial charge in [-0.05, 0) is 19.4 Å². The molecule has 0 aliphatic rings. The van der Waals surface area contributed by atoms with Crippen molar-refractivity contribution in [1.29, 1.82) is 0 Å². The quantitative estimate of drug-likeness (QED) is 0.747. The Morgan fingerprint density at radius 1 is 1.69 bits per heavy atom. The molecule has 3 N–H and O–H groups in total. The van der Waals surface area contributed by atoms with Gasteiger partial charge < -0.3 is 20.2 Å². The fourth-order valence-electron chi connectivity index (χ4n) is 1.33. The Kier molecular flexibility index (Phi) is 5.01. The first-order valence-corrected chi connectivity index (χ1v) is 5.21. The van der Waals surface area contributed by atoms with Crippen LogP contribution in [0.5, 0.6) is 0 Å². The van der Waals surface area contributed by atoms with E-state index in [-0.39, 0.29) is 11.9 Å². The Balaban J connectivity index is 2.25. The number of nitrogens with two attached hydrogens (primary N) is 1. The average Bonchev–Trinajstić information content (AvgIpc) is 2.65. The number of carbonyl (C=O) groups is 1. The second-order valence-electron chi connectivity index (χ2n) is 3.71. The third-order valence-corrected chi connectivity index (χ3v) is 2.17. The second-order valence-corrected chi connectivity index (χ2v) is 3.71. The molecule has 1 atom stereocenters. The van der Waals surface area contributed by atoms with Crippen LogP contribution in [-0.4, -0.2) is 32.2 Å². The summed E-state index contributed by atoms with van der Waals surface area (Å²) < 4.78 is 9.94. The van der Waals surface area contributed by atoms with E-state index in [1.807, 2.05) is 0 Å². The molecule has 1 aromatic rings. The van der Waals surface area contributed by atoms with Crippen LogP contribution >= 0.6 is 0 Å². The Morgan fingerprint density at radius 2 is 2.44 bits per heavy atom. The van der Waals surface area contributed by atoms with Gasteiger partial charge in [0.05, 0.1) is 12.2 Å². The van der Waals surface area contributed by atoms with Crippen molar-refractivity contribution in [2.24, 2.45) is 5.73 Å². The van der Waals surface area contributed by atoms with Crippen molar-refractivity contribution in [2.75, 3.05) is 20.3 Å². The van der Waals surface area contributed by atoms with E-state index in [1.54, 1.807) is 20.1 Å². The summed E-state index contributed by atoms with van der Waals surface area (Å²) in [5.74, 6) is 0.586. The molecule has 0 aromatic carbocycles. The number of hydrogen-bond donors (Lipinski definition) is 2. The summed E-state index contributed by atoms with van der Waals surface area (Å²) >= 11 is 0. The van der Waals surface area contributed by atoms with E-state index in [9.17, 15) is 4.79 Å². The lowest BCUT2D eigenvalue weighted by Gasteiger charge is -2.10. The SMILES string of the molecule is COCC(N)CCNC(=O)c1coc(C)c1. The lowest BCUT2D eigenvalue weighted by atomic mass is 10.2. The van der Waals surface area contributed by atoms with Gasteiger partial charge in [-0.25, -0.2) is 0 Å². The topological polar surface area (TPSA) is 77.5 Å². The van der Waals surface area contributed by atoms with E-state index in [4.69, 9.17) is 14.9 Å². The van der Waals surface area contributed by atoms with Crippen molar-refractivity contribution >= 4 is 5.91 Å². The zero-order valence-corrected chi connectivity index (χ0v) is 9.66. The summed E-state index contributed by atoms with van der Waals surface area (Å²) in [7, 11) is 1.60. The summed E-state index contributed by atoms with van der Waals surface area (Å²) in [6.07, 6.45) is 2.14. The monoisotopic (exact) mass is 226 g/mol. The number of carbonyl (C=O) groups excluding carboxylic acids is 1. The molecule has 0 spiro atoms. The van der Waals surface area contributed by atoms with E-state index in [0.717, 1.165) is 5.76 Å². The Labute approximate surface area is 94.9 Å². The average molecular weight is 226 g/mol. The molecule has 1 aromatic heterocycles. The van der Waals surface area contributed by atoms with Gasteiger partial charge >= 0.3 is 0 Å². The first kappa shape index (κ1) is 12.7. The van der Waals surface area contributed by atoms with E-state index in [0.29, 0.717) is 25.1 Å². The van der Waals surface area contributed by atoms with Crippen LogP contribution in [0, 0.1) is 6.92 Å². The standard InChI is InChI=1S/C11H18N2O3/c1-8-5-9(6-16-8)11(14)13-4-3-10(12)7-15-2/h5-6,10H,3-4,7,12H2,1-2H3,(H,13,14). The summed E-state index contributed by atoms with van der Waals surface area (Å²) in [5, 5.41) is 2.77. The van der Waals surface area contributed by atoms with Crippen LogP contribution in [0.2, 0.25) is 0 Å². The molecule has 1 amide bonds. The lowest BCUT2D eigenvalue weighted by molar-refractivity contribution is 0.0949. The first-order valence-electron chi connectivity index (χ1n) is 5.21. The number of aryl methyl sites for hydroxylation is 1. The number of methoxy groups -OCH3 is 1. The van der Waals surface area contributed by atoms with Gasteiger partial charge in [0, 0.05) is 19.7 Å². The summed E-state index contributed by atoms with van der Waals surface area (Å²) in [5.41, 5.74) is 6.26. The van der Waals surface area contributed by atoms with Crippen molar-refractivity contribution in [3.8, 4) is 0 Å². The highest BCUT2D eigenvalue weighted by Crippen LogP contribution is 2.05. The highest BCUT2D eigenvalue weighted by Gasteiger charge is 2.08. The number of rotatable bonds is 6. The smallest absolute Gasteiger partial charge is 0.254 e. The van der Waals surface area contributed by atoms with Gasteiger partial charge in [-0.1, -0.05) is 0 Å². The summed E-state index contributed by atoms with van der Waals surface area (Å²) in [4.78, 5) is 11.6. The zero-order chi connectivity index (χ0) is 12.0. The highest BCUT2D eigenvalue weighted by atomic mass is 16.5. The number of nitrogens with one attached hydrogen (secondary N) is 1. The molecule has 0 aliphatic heterocycles. The van der Waals surface area contributed by atoms with E-state index in [1.165, 1.54) is 6.26 Å². The van der Waals surface area contributed by atoms with Crippen LogP contribution in [0.3, 0.4) is 0 Å². The van der Waals surface area contributed by atoms with Gasteiger partial charge in [-0.3, -0.25) is 4.79 Å². The first-order chi connectivity index (χ1) is 7.63. The predicted octanol–water partition coefficient (Wildman–Crippen LogP) is 0.682. The number of amides is 1. The van der Waals surface area contributed by atoms with Gasteiger partial charge in [0.25, 0.3) is 5.91 Å². The highest BCUT2D eigenvalue weighted by molar-refractivity contribution is 5.93. The maximum atomic E-state index is 11.6. The van der Waals surface area contributed by atoms with Gasteiger partial charge in [-0.15, -0.1) is 0 Å². The molecule has 90 valence electrons. The van der Waals surface area contributed by atoms with Gasteiger partial charge in [0.15, 0.2) is 0 Å². The summed E-state index contributed by atoms with van der Waals surface area (Å²) in [6.45, 7) is 2.83. The fraction of sp³-hybridized carbons (Fsp3) is 0.545. The lowest BCUT2D eigenvalue weighted by Crippen LogP contribution is -2.32. The Hall–Kier alpha value is -1.33. The minimum absolute atomic E-state index is 0.0450. The molecule has 1 unspecified atom stereocenters. The predicted molar refractivity (Wildman–Crippen MR) is 60.2 cm³/mol. The molecule has 1 heterocycles.